The number of H-pyrrole nitrogens is 2. The standard InChI is InChI=1S/C33H41FN8O6S.C23H25FN8O2S/c1-9-46-27(43)21-15-49-29(35-21)40-28-38-25-23(19-11-17(34)12-22(24(19)37-25)41(8)31(45)48-33(5,6)7)26(39-28)42-14-16-10-18(42)13-20(16)36-30(44)47-32(2,3)4;1-3-34-21(33)16-9-35-23(27-16)31-22-29-19-17(13-5-11(24)6-15(26-2)18(13)28-19)20(30-22)32-8-10-4-12(32)7-14(10)25/h11-12,15-16,18,20H,9-10,13-14H2,1-8H3,(H,36,44)(H2,35,37,38,39,40);5-6,9-10,12,14,26H,3-4,7-8,25H2,1-2H3,(H2,27,28,29,30,31). The highest BCUT2D eigenvalue weighted by Crippen LogP contribution is 2.47. The molecule has 6 aromatic heterocycles. The fourth-order valence-corrected chi connectivity index (χ4v) is 13.0. The molecule has 2 saturated heterocycles. The first-order chi connectivity index (χ1) is 39.9. The molecule has 2 aliphatic carbocycles. The molecule has 4 fully saturated rings. The Balaban J connectivity index is 0.000000185. The number of rotatable bonds is 13. The molecular weight excluding hydrogens is 1130 g/mol. The van der Waals surface area contributed by atoms with Crippen molar-refractivity contribution in [1.29, 1.82) is 0 Å². The summed E-state index contributed by atoms with van der Waals surface area (Å²) in [5.74, 6) is 0.457. The Morgan fingerprint density at radius 1 is 0.702 bits per heavy atom. The molecule has 6 atom stereocenters. The molecule has 8 heterocycles. The maximum absolute atomic E-state index is 15.3. The number of esters is 2. The zero-order valence-corrected chi connectivity index (χ0v) is 49.7. The number of nitrogens with one attached hydrogen (secondary N) is 6. The van der Waals surface area contributed by atoms with Crippen LogP contribution in [-0.4, -0.2) is 140 Å². The molecule has 8 aromatic rings. The number of amides is 2. The maximum atomic E-state index is 15.3. The molecular formula is C56H66F2N16O8S2. The summed E-state index contributed by atoms with van der Waals surface area (Å²) in [6.45, 7) is 16.1. The second-order valence-corrected chi connectivity index (χ2v) is 24.9. The third-order valence-electron chi connectivity index (χ3n) is 15.1. The van der Waals surface area contributed by atoms with Crippen LogP contribution >= 0.6 is 22.7 Å². The minimum absolute atomic E-state index is 0.0218. The number of piperidine rings is 2. The van der Waals surface area contributed by atoms with Gasteiger partial charge in [0.2, 0.25) is 11.9 Å². The third-order valence-corrected chi connectivity index (χ3v) is 16.6. The molecule has 6 unspecified atom stereocenters. The number of nitrogens with zero attached hydrogens (tertiary/aromatic N) is 9. The number of halogens is 2. The Morgan fingerprint density at radius 2 is 1.21 bits per heavy atom. The molecule has 24 nitrogen and oxygen atoms in total. The van der Waals surface area contributed by atoms with Gasteiger partial charge in [0, 0.05) is 72.9 Å². The maximum Gasteiger partial charge on any atom is 0.414 e. The van der Waals surface area contributed by atoms with E-state index in [1.54, 1.807) is 52.4 Å². The van der Waals surface area contributed by atoms with Gasteiger partial charge in [-0.1, -0.05) is 0 Å². The number of aromatic nitrogens is 8. The number of hydrogen-bond acceptors (Lipinski definition) is 22. The Kier molecular flexibility index (Phi) is 15.4. The molecule has 4 bridgehead atoms. The summed E-state index contributed by atoms with van der Waals surface area (Å²) < 4.78 is 51.0. The molecule has 2 saturated carbocycles. The summed E-state index contributed by atoms with van der Waals surface area (Å²) in [5, 5.41) is 19.0. The van der Waals surface area contributed by atoms with Crippen LogP contribution in [0.25, 0.3) is 43.9 Å². The highest BCUT2D eigenvalue weighted by molar-refractivity contribution is 7.14. The molecule has 2 aromatic carbocycles. The molecule has 28 heteroatoms. The molecule has 4 aliphatic rings. The minimum Gasteiger partial charge on any atom is -0.461 e. The largest absolute Gasteiger partial charge is 0.461 e. The Bertz CT molecular complexity index is 3870. The van der Waals surface area contributed by atoms with Crippen LogP contribution in [0.5, 0.6) is 0 Å². The number of hydrogen-bond donors (Lipinski definition) is 7. The summed E-state index contributed by atoms with van der Waals surface area (Å²) in [6.07, 6.45) is 2.29. The average molecular weight is 1190 g/mol. The fraction of sp³-hybridized carbons (Fsp3) is 0.464. The first-order valence-electron chi connectivity index (χ1n) is 27.7. The van der Waals surface area contributed by atoms with E-state index in [0.717, 1.165) is 47.9 Å². The zero-order valence-electron chi connectivity index (χ0n) is 48.0. The van der Waals surface area contributed by atoms with E-state index < -0.39 is 41.1 Å². The SMILES string of the molecule is CCOC(=O)c1csc(Nc2nc(N3CC4CC3CC4N)c3c(n2)[nH]c2c(NC)cc(F)cc23)n1.CCOC(=O)c1csc(Nc2nc(N3CC4CC3CC4NC(=O)OC(C)(C)C)c3c(n2)[nH]c2c(N(C)C(=O)OC(C)(C)C)cc(F)cc23)n1. The summed E-state index contributed by atoms with van der Waals surface area (Å²) in [6, 6.07) is 6.05. The van der Waals surface area contributed by atoms with Crippen LogP contribution in [0.2, 0.25) is 0 Å². The lowest BCUT2D eigenvalue weighted by Gasteiger charge is -2.33. The van der Waals surface area contributed by atoms with Crippen LogP contribution in [0.3, 0.4) is 0 Å². The number of carbonyl (C=O) groups is 4. The van der Waals surface area contributed by atoms with Gasteiger partial charge in [0.15, 0.2) is 21.7 Å². The topological polar surface area (TPSA) is 298 Å². The van der Waals surface area contributed by atoms with Crippen molar-refractivity contribution in [2.45, 2.75) is 116 Å². The highest BCUT2D eigenvalue weighted by atomic mass is 32.1. The van der Waals surface area contributed by atoms with E-state index in [0.29, 0.717) is 74.2 Å². The molecule has 0 spiro atoms. The molecule has 12 rings (SSSR count). The number of aromatic amines is 2. The van der Waals surface area contributed by atoms with E-state index in [1.807, 2.05) is 20.8 Å². The van der Waals surface area contributed by atoms with Gasteiger partial charge in [-0.25, -0.2) is 37.9 Å². The van der Waals surface area contributed by atoms with Crippen molar-refractivity contribution in [2.75, 3.05) is 71.0 Å². The molecule has 2 amide bonds. The van der Waals surface area contributed by atoms with Crippen LogP contribution in [0.15, 0.2) is 35.0 Å². The predicted molar refractivity (Wildman–Crippen MR) is 318 cm³/mol. The van der Waals surface area contributed by atoms with Crippen molar-refractivity contribution in [3.63, 3.8) is 0 Å². The molecule has 84 heavy (non-hydrogen) atoms. The lowest BCUT2D eigenvalue weighted by Crippen LogP contribution is -2.47. The van der Waals surface area contributed by atoms with Gasteiger partial charge < -0.3 is 55.1 Å². The van der Waals surface area contributed by atoms with Gasteiger partial charge in [-0.15, -0.1) is 22.7 Å². The van der Waals surface area contributed by atoms with Crippen molar-refractivity contribution in [3.8, 4) is 0 Å². The van der Waals surface area contributed by atoms with E-state index >= 15 is 4.39 Å². The first-order valence-corrected chi connectivity index (χ1v) is 29.5. The van der Waals surface area contributed by atoms with Crippen LogP contribution < -0.4 is 41.7 Å². The van der Waals surface area contributed by atoms with Gasteiger partial charge in [-0.3, -0.25) is 15.5 Å². The van der Waals surface area contributed by atoms with Crippen molar-refractivity contribution in [2.24, 2.45) is 17.6 Å². The summed E-state index contributed by atoms with van der Waals surface area (Å²) in [7, 11) is 3.28. The summed E-state index contributed by atoms with van der Waals surface area (Å²) in [5.41, 5.74) is 8.46. The van der Waals surface area contributed by atoms with E-state index in [-0.39, 0.29) is 72.1 Å². The smallest absolute Gasteiger partial charge is 0.414 e. The number of carbonyl (C=O) groups excluding carboxylic acids is 4. The van der Waals surface area contributed by atoms with E-state index in [4.69, 9.17) is 39.6 Å². The van der Waals surface area contributed by atoms with Crippen LogP contribution in [-0.2, 0) is 18.9 Å². The van der Waals surface area contributed by atoms with Gasteiger partial charge >= 0.3 is 24.1 Å². The number of nitrogens with two attached hydrogens (primary N) is 1. The Labute approximate surface area is 489 Å². The van der Waals surface area contributed by atoms with Crippen LogP contribution in [0.4, 0.5) is 63.5 Å². The summed E-state index contributed by atoms with van der Waals surface area (Å²) in [4.78, 5) is 90.1. The zero-order chi connectivity index (χ0) is 59.7. The van der Waals surface area contributed by atoms with Crippen molar-refractivity contribution in [1.82, 2.24) is 45.2 Å². The molecule has 8 N–H and O–H groups in total. The van der Waals surface area contributed by atoms with E-state index in [1.165, 1.54) is 58.9 Å². The number of thiazole rings is 2. The van der Waals surface area contributed by atoms with Crippen molar-refractivity contribution in [3.05, 3.63) is 58.0 Å². The van der Waals surface area contributed by atoms with Gasteiger partial charge in [0.05, 0.1) is 46.4 Å². The number of benzene rings is 2. The lowest BCUT2D eigenvalue weighted by molar-refractivity contribution is 0.0486. The Hall–Kier alpha value is -8.24. The first kappa shape index (κ1) is 57.6. The monoisotopic (exact) mass is 1190 g/mol. The normalized spacial score (nSPS) is 19.9. The third kappa shape index (κ3) is 11.6. The molecule has 444 valence electrons. The molecule has 2 aliphatic heterocycles. The molecule has 0 radical (unpaired) electrons. The van der Waals surface area contributed by atoms with E-state index in [9.17, 15) is 23.6 Å². The minimum atomic E-state index is -0.758. The number of fused-ring (bicyclic) bond motifs is 10. The number of anilines is 8. The average Bonchev–Trinajstić information content (AvgIpc) is 1.82. The van der Waals surface area contributed by atoms with E-state index in [2.05, 4.69) is 56.0 Å². The number of alkyl carbamates (subject to hydrolysis) is 1. The predicted octanol–water partition coefficient (Wildman–Crippen LogP) is 10.1. The quantitative estimate of drug-likeness (QED) is 0.0417. The second kappa shape index (κ2) is 22.4. The fourth-order valence-electron chi connectivity index (χ4n) is 11.6. The van der Waals surface area contributed by atoms with Gasteiger partial charge in [-0.2, -0.15) is 19.9 Å². The summed E-state index contributed by atoms with van der Waals surface area (Å²) >= 11 is 2.46. The van der Waals surface area contributed by atoms with Gasteiger partial charge in [0.1, 0.15) is 45.8 Å². The van der Waals surface area contributed by atoms with Gasteiger partial charge in [-0.05, 0) is 117 Å². The second-order valence-electron chi connectivity index (χ2n) is 23.2. The number of ether oxygens (including phenoxy) is 4. The van der Waals surface area contributed by atoms with Crippen molar-refractivity contribution < 1.29 is 46.9 Å². The Morgan fingerprint density at radius 3 is 1.70 bits per heavy atom. The highest BCUT2D eigenvalue weighted by Gasteiger charge is 2.48. The van der Waals surface area contributed by atoms with Crippen LogP contribution in [0.1, 0.15) is 102 Å². The van der Waals surface area contributed by atoms with Crippen LogP contribution in [0, 0.1) is 23.5 Å². The van der Waals surface area contributed by atoms with Gasteiger partial charge in [0.25, 0.3) is 0 Å². The lowest BCUT2D eigenvalue weighted by atomic mass is 10.0. The van der Waals surface area contributed by atoms with Crippen molar-refractivity contribution >= 4 is 136 Å².